The van der Waals surface area contributed by atoms with E-state index in [1.165, 1.54) is 0 Å². The van der Waals surface area contributed by atoms with Crippen molar-refractivity contribution in [2.24, 2.45) is 34.5 Å². The van der Waals surface area contributed by atoms with Crippen molar-refractivity contribution < 1.29 is 48.3 Å². The van der Waals surface area contributed by atoms with E-state index in [2.05, 4.69) is 0 Å². The number of hydrogen-bond donors (Lipinski definition) is 2. The Morgan fingerprint density at radius 3 is 1.36 bits per heavy atom. The van der Waals surface area contributed by atoms with Crippen molar-refractivity contribution in [1.29, 1.82) is 0 Å². The highest BCUT2D eigenvalue weighted by Gasteiger charge is 2.79. The molecule has 0 radical (unpaired) electrons. The summed E-state index contributed by atoms with van der Waals surface area (Å²) in [5.41, 5.74) is -2.52. The lowest BCUT2D eigenvalue weighted by molar-refractivity contribution is -0.242. The molecule has 2 heterocycles. The second-order valence-electron chi connectivity index (χ2n) is 16.4. The number of rotatable bonds is 5. The highest BCUT2D eigenvalue weighted by molar-refractivity contribution is 5.97. The van der Waals surface area contributed by atoms with Crippen LogP contribution in [0, 0.1) is 34.5 Å². The van der Waals surface area contributed by atoms with Gasteiger partial charge in [-0.25, -0.2) is 19.2 Å². The highest BCUT2D eigenvalue weighted by atomic mass is 16.6. The molecule has 0 bridgehead atoms. The summed E-state index contributed by atoms with van der Waals surface area (Å²) in [6, 6.07) is 0. The molecule has 10 nitrogen and oxygen atoms in total. The van der Waals surface area contributed by atoms with Crippen LogP contribution in [-0.2, 0) is 38.1 Å². The smallest absolute Gasteiger partial charge is 0.335 e. The molecule has 0 aromatic rings. The molecular formula is C40H54O10. The average molecular weight is 695 g/mol. The summed E-state index contributed by atoms with van der Waals surface area (Å²) in [6.07, 6.45) is 2.69. The van der Waals surface area contributed by atoms with Crippen molar-refractivity contribution in [3.05, 3.63) is 45.6 Å². The largest absolute Gasteiger partial charge is 0.454 e. The summed E-state index contributed by atoms with van der Waals surface area (Å²) in [5, 5.41) is 22.5. The number of allylic oxidation sites excluding steroid dienone is 2. The normalized spacial score (nSPS) is 44.5. The molecule has 6 rings (SSSR count). The fraction of sp³-hybridized carbons (Fsp3) is 0.700. The lowest BCUT2D eigenvalue weighted by Crippen LogP contribution is -2.72. The molecule has 0 spiro atoms. The predicted octanol–water partition coefficient (Wildman–Crippen LogP) is 5.60. The minimum atomic E-state index is -1.58. The monoisotopic (exact) mass is 694 g/mol. The number of carbonyl (C=O) groups excluding carboxylic acids is 4. The van der Waals surface area contributed by atoms with E-state index in [0.717, 1.165) is 0 Å². The Labute approximate surface area is 295 Å². The molecule has 2 aliphatic heterocycles. The van der Waals surface area contributed by atoms with Crippen molar-refractivity contribution in [2.75, 3.05) is 0 Å². The van der Waals surface area contributed by atoms with Crippen LogP contribution < -0.4 is 0 Å². The van der Waals surface area contributed by atoms with Gasteiger partial charge in [0.05, 0.1) is 12.2 Å². The van der Waals surface area contributed by atoms with E-state index in [9.17, 15) is 29.4 Å². The Bertz CT molecular complexity index is 1530. The maximum atomic E-state index is 14.1. The quantitative estimate of drug-likeness (QED) is 0.212. The van der Waals surface area contributed by atoms with Crippen LogP contribution in [0.2, 0.25) is 0 Å². The maximum absolute atomic E-state index is 14.1. The summed E-state index contributed by atoms with van der Waals surface area (Å²) in [5.74, 6) is -3.33. The van der Waals surface area contributed by atoms with Crippen LogP contribution in [0.25, 0.3) is 0 Å². The molecule has 6 aliphatic rings. The Morgan fingerprint density at radius 1 is 0.700 bits per heavy atom. The average Bonchev–Trinajstić information content (AvgIpc) is 3.50. The third kappa shape index (κ3) is 4.65. The van der Waals surface area contributed by atoms with E-state index < -0.39 is 70.3 Å². The topological polar surface area (TPSA) is 146 Å². The predicted molar refractivity (Wildman–Crippen MR) is 183 cm³/mol. The van der Waals surface area contributed by atoms with Crippen LogP contribution in [0.4, 0.5) is 0 Å². The molecule has 2 N–H and O–H groups in total. The van der Waals surface area contributed by atoms with E-state index in [1.807, 2.05) is 27.7 Å². The summed E-state index contributed by atoms with van der Waals surface area (Å²) in [7, 11) is 0. The first-order valence-electron chi connectivity index (χ1n) is 18.3. The van der Waals surface area contributed by atoms with Gasteiger partial charge in [-0.15, -0.1) is 0 Å². The van der Waals surface area contributed by atoms with Crippen molar-refractivity contribution in [3.63, 3.8) is 0 Å². The van der Waals surface area contributed by atoms with Gasteiger partial charge in [0.25, 0.3) is 0 Å². The first kappa shape index (κ1) is 36.5. The molecule has 4 fully saturated rings. The number of aliphatic hydroxyl groups excluding tert-OH is 2. The Hall–Kier alpha value is -3.24. The van der Waals surface area contributed by atoms with Crippen LogP contribution in [0.15, 0.2) is 45.6 Å². The van der Waals surface area contributed by atoms with E-state index in [1.54, 1.807) is 53.7 Å². The highest BCUT2D eigenvalue weighted by Crippen LogP contribution is 2.71. The Balaban J connectivity index is 1.64. The molecule has 0 aromatic heterocycles. The third-order valence-electron chi connectivity index (χ3n) is 14.7. The lowest BCUT2D eigenvalue weighted by atomic mass is 9.43. The number of aliphatic hydroxyl groups is 2. The lowest BCUT2D eigenvalue weighted by Gasteiger charge is -2.65. The van der Waals surface area contributed by atoms with Crippen LogP contribution in [0.1, 0.15) is 108 Å². The zero-order valence-corrected chi connectivity index (χ0v) is 31.2. The molecule has 50 heavy (non-hydrogen) atoms. The van der Waals surface area contributed by atoms with Gasteiger partial charge in [-0.2, -0.15) is 0 Å². The van der Waals surface area contributed by atoms with Crippen molar-refractivity contribution in [3.8, 4) is 0 Å². The van der Waals surface area contributed by atoms with E-state index >= 15 is 0 Å². The van der Waals surface area contributed by atoms with Crippen LogP contribution >= 0.6 is 0 Å². The fourth-order valence-corrected chi connectivity index (χ4v) is 10.8. The molecule has 4 saturated carbocycles. The molecule has 0 amide bonds. The second-order valence-corrected chi connectivity index (χ2v) is 16.4. The molecule has 0 aromatic carbocycles. The van der Waals surface area contributed by atoms with E-state index in [0.29, 0.717) is 48.0 Å². The van der Waals surface area contributed by atoms with Gasteiger partial charge in [0.15, 0.2) is 11.2 Å². The number of carbonyl (C=O) groups is 4. The molecule has 0 saturated heterocycles. The zero-order valence-electron chi connectivity index (χ0n) is 31.2. The second kappa shape index (κ2) is 12.2. The van der Waals surface area contributed by atoms with Crippen LogP contribution in [0.3, 0.4) is 0 Å². The van der Waals surface area contributed by atoms with Gasteiger partial charge in [-0.3, -0.25) is 0 Å². The van der Waals surface area contributed by atoms with Crippen molar-refractivity contribution in [2.45, 2.75) is 143 Å². The Kier molecular flexibility index (Phi) is 8.90. The first-order chi connectivity index (χ1) is 23.4. The number of ether oxygens (including phenoxy) is 4. The molecule has 274 valence electrons. The number of esters is 4. The number of hydrogen-bond acceptors (Lipinski definition) is 10. The third-order valence-corrected chi connectivity index (χ3v) is 14.7. The SMILES string of the molecule is C/C=C(/C)C(=O)O[C@@H]1C2=C(C)C(=O)O[C@@]2([C@]23C[C@H]4CC[C@H](O)[C@H](C)[C@@]4(C)[C@H](OC(=O)/C(C)=C\C)C2=C(C)C(=O)O3)C[C@H]2CC[C@H](O)[C@H](C)[C@]21C. The summed E-state index contributed by atoms with van der Waals surface area (Å²) < 4.78 is 26.3. The molecular weight excluding hydrogens is 640 g/mol. The summed E-state index contributed by atoms with van der Waals surface area (Å²) in [4.78, 5) is 55.6. The van der Waals surface area contributed by atoms with Crippen LogP contribution in [-0.4, -0.2) is 69.7 Å². The zero-order chi connectivity index (χ0) is 36.9. The van der Waals surface area contributed by atoms with Gasteiger partial charge >= 0.3 is 23.9 Å². The standard InChI is InChI=1S/C40H54O10/c1-11-19(3)33(43)47-31-29-21(5)35(45)49-39(29,17-25-13-15-27(41)23(7)37(25,31)9)40-18-26-14-16-28(42)24(8)38(26,10)32(48-34(44)20(4)12-2)30(40)22(6)36(46)50-40/h11-12,23-28,31-32,41-42H,13-18H2,1-10H3/b19-11-,20-12-/t23-,24-,25+,26+,27-,28-,31+,32+,37+,38+,39-,40-/m0/s1. The first-order valence-corrected chi connectivity index (χ1v) is 18.3. The molecule has 4 aliphatic carbocycles. The molecule has 10 heteroatoms. The van der Waals surface area contributed by atoms with Gasteiger partial charge in [0.2, 0.25) is 0 Å². The summed E-state index contributed by atoms with van der Waals surface area (Å²) >= 11 is 0. The van der Waals surface area contributed by atoms with E-state index in [-0.39, 0.29) is 47.7 Å². The van der Waals surface area contributed by atoms with E-state index in [4.69, 9.17) is 18.9 Å². The molecule has 0 unspecified atom stereocenters. The maximum Gasteiger partial charge on any atom is 0.335 e. The van der Waals surface area contributed by atoms with Gasteiger partial charge in [0, 0.05) is 44.3 Å². The van der Waals surface area contributed by atoms with Gasteiger partial charge in [-0.05, 0) is 104 Å². The number of fused-ring (bicyclic) bond motifs is 5. The van der Waals surface area contributed by atoms with Gasteiger partial charge < -0.3 is 29.2 Å². The fourth-order valence-electron chi connectivity index (χ4n) is 10.8. The summed E-state index contributed by atoms with van der Waals surface area (Å²) in [6.45, 7) is 18.1. The van der Waals surface area contributed by atoms with Gasteiger partial charge in [0.1, 0.15) is 12.2 Å². The van der Waals surface area contributed by atoms with Crippen molar-refractivity contribution >= 4 is 23.9 Å². The Morgan fingerprint density at radius 2 is 1.04 bits per heavy atom. The molecule has 12 atom stereocenters. The van der Waals surface area contributed by atoms with Crippen LogP contribution in [0.5, 0.6) is 0 Å². The minimum Gasteiger partial charge on any atom is -0.454 e. The minimum absolute atomic E-state index is 0.214. The van der Waals surface area contributed by atoms with Crippen molar-refractivity contribution in [1.82, 2.24) is 0 Å². The van der Waals surface area contributed by atoms with Gasteiger partial charge in [-0.1, -0.05) is 39.8 Å².